The number of carboxylic acids is 1. The number of rotatable bonds is 5. The summed E-state index contributed by atoms with van der Waals surface area (Å²) in [7, 11) is 0. The van der Waals surface area contributed by atoms with E-state index in [2.05, 4.69) is 14.9 Å². The van der Waals surface area contributed by atoms with Crippen molar-refractivity contribution in [1.82, 2.24) is 14.9 Å². The van der Waals surface area contributed by atoms with Crippen LogP contribution < -0.4 is 14.4 Å². The highest BCUT2D eigenvalue weighted by Crippen LogP contribution is 2.47. The summed E-state index contributed by atoms with van der Waals surface area (Å²) in [6.07, 6.45) is 4.00. The van der Waals surface area contributed by atoms with Crippen molar-refractivity contribution in [2.24, 2.45) is 11.3 Å². The van der Waals surface area contributed by atoms with Crippen LogP contribution in [0, 0.1) is 11.3 Å². The largest absolute Gasteiger partial charge is 0.481 e. The highest BCUT2D eigenvalue weighted by Gasteiger charge is 2.53. The van der Waals surface area contributed by atoms with E-state index < -0.39 is 5.97 Å². The van der Waals surface area contributed by atoms with Gasteiger partial charge >= 0.3 is 5.97 Å². The molecule has 9 heteroatoms. The SMILES string of the molecule is O=C(O)CC[C@@]12CN(C(=O)c3ccc4c(c3)OCO4)C[C@@H]1CN(c1ncccn1)C2. The Morgan fingerprint density at radius 3 is 2.73 bits per heavy atom. The number of hydrogen-bond acceptors (Lipinski definition) is 7. The molecule has 30 heavy (non-hydrogen) atoms. The third kappa shape index (κ3) is 3.20. The van der Waals surface area contributed by atoms with Crippen LogP contribution in [0.3, 0.4) is 0 Å². The molecule has 156 valence electrons. The number of amides is 1. The first-order chi connectivity index (χ1) is 14.5. The van der Waals surface area contributed by atoms with Gasteiger partial charge in [0.15, 0.2) is 11.5 Å². The number of aromatic nitrogens is 2. The number of carboxylic acid groups (broad SMARTS) is 1. The summed E-state index contributed by atoms with van der Waals surface area (Å²) >= 11 is 0. The lowest BCUT2D eigenvalue weighted by Gasteiger charge is -2.29. The van der Waals surface area contributed by atoms with Gasteiger partial charge in [0.1, 0.15) is 0 Å². The first-order valence-corrected chi connectivity index (χ1v) is 9.97. The van der Waals surface area contributed by atoms with E-state index in [1.165, 1.54) is 0 Å². The minimum Gasteiger partial charge on any atom is -0.481 e. The Morgan fingerprint density at radius 2 is 1.93 bits per heavy atom. The fourth-order valence-electron chi connectivity index (χ4n) is 4.87. The molecule has 5 rings (SSSR count). The predicted molar refractivity (Wildman–Crippen MR) is 106 cm³/mol. The highest BCUT2D eigenvalue weighted by molar-refractivity contribution is 5.95. The van der Waals surface area contributed by atoms with Crippen LogP contribution in [0.1, 0.15) is 23.2 Å². The zero-order valence-electron chi connectivity index (χ0n) is 16.4. The Labute approximate surface area is 173 Å². The fourth-order valence-corrected chi connectivity index (χ4v) is 4.87. The Morgan fingerprint density at radius 1 is 1.13 bits per heavy atom. The normalized spacial score (nSPS) is 24.2. The quantitative estimate of drug-likeness (QED) is 0.793. The number of carbonyl (C=O) groups excluding carboxylic acids is 1. The molecule has 0 saturated carbocycles. The van der Waals surface area contributed by atoms with Gasteiger partial charge in [-0.05, 0) is 30.7 Å². The molecule has 0 unspecified atom stereocenters. The molecule has 0 aliphatic carbocycles. The summed E-state index contributed by atoms with van der Waals surface area (Å²) in [5, 5.41) is 9.27. The van der Waals surface area contributed by atoms with Gasteiger partial charge in [0, 0.05) is 61.9 Å². The minimum absolute atomic E-state index is 0.0695. The minimum atomic E-state index is -0.821. The van der Waals surface area contributed by atoms with Crippen molar-refractivity contribution in [3.63, 3.8) is 0 Å². The molecule has 1 amide bonds. The van der Waals surface area contributed by atoms with Gasteiger partial charge in [0.05, 0.1) is 0 Å². The number of aliphatic carboxylic acids is 1. The molecule has 0 radical (unpaired) electrons. The lowest BCUT2D eigenvalue weighted by atomic mass is 9.77. The average molecular weight is 410 g/mol. The van der Waals surface area contributed by atoms with Gasteiger partial charge in [-0.2, -0.15) is 0 Å². The van der Waals surface area contributed by atoms with Crippen molar-refractivity contribution in [1.29, 1.82) is 0 Å². The average Bonchev–Trinajstić information content (AvgIpc) is 3.44. The van der Waals surface area contributed by atoms with E-state index in [1.54, 1.807) is 36.7 Å². The lowest BCUT2D eigenvalue weighted by molar-refractivity contribution is -0.137. The van der Waals surface area contributed by atoms with Crippen LogP contribution in [0.25, 0.3) is 0 Å². The van der Waals surface area contributed by atoms with Gasteiger partial charge in [-0.25, -0.2) is 9.97 Å². The molecule has 0 spiro atoms. The molecular weight excluding hydrogens is 388 g/mol. The van der Waals surface area contributed by atoms with Crippen LogP contribution in [0.4, 0.5) is 5.95 Å². The molecule has 4 heterocycles. The second-order valence-electron chi connectivity index (χ2n) is 8.14. The molecule has 3 aliphatic rings. The van der Waals surface area contributed by atoms with Crippen molar-refractivity contribution in [2.75, 3.05) is 37.9 Å². The highest BCUT2D eigenvalue weighted by atomic mass is 16.7. The van der Waals surface area contributed by atoms with E-state index in [-0.39, 0.29) is 30.5 Å². The second kappa shape index (κ2) is 7.16. The molecule has 0 bridgehead atoms. The first-order valence-electron chi connectivity index (χ1n) is 9.97. The number of anilines is 1. The van der Waals surface area contributed by atoms with Crippen molar-refractivity contribution < 1.29 is 24.2 Å². The first kappa shape index (κ1) is 18.7. The van der Waals surface area contributed by atoms with E-state index in [0.717, 1.165) is 0 Å². The van der Waals surface area contributed by atoms with Crippen molar-refractivity contribution in [2.45, 2.75) is 12.8 Å². The molecule has 2 atom stereocenters. The second-order valence-corrected chi connectivity index (χ2v) is 8.14. The number of hydrogen-bond donors (Lipinski definition) is 1. The van der Waals surface area contributed by atoms with Gasteiger partial charge < -0.3 is 24.4 Å². The third-order valence-corrected chi connectivity index (χ3v) is 6.34. The number of nitrogens with zero attached hydrogens (tertiary/aromatic N) is 4. The Bertz CT molecular complexity index is 985. The smallest absolute Gasteiger partial charge is 0.303 e. The maximum atomic E-state index is 13.2. The molecule has 1 N–H and O–H groups in total. The zero-order chi connectivity index (χ0) is 20.7. The van der Waals surface area contributed by atoms with Crippen molar-refractivity contribution in [3.8, 4) is 11.5 Å². The molecule has 1 aromatic carbocycles. The van der Waals surface area contributed by atoms with Gasteiger partial charge in [0.25, 0.3) is 5.91 Å². The fraction of sp³-hybridized carbons (Fsp3) is 0.429. The van der Waals surface area contributed by atoms with Crippen LogP contribution in [0.15, 0.2) is 36.7 Å². The molecule has 3 aliphatic heterocycles. The predicted octanol–water partition coefficient (Wildman–Crippen LogP) is 1.65. The molecule has 2 aromatic rings. The van der Waals surface area contributed by atoms with E-state index >= 15 is 0 Å². The summed E-state index contributed by atoms with van der Waals surface area (Å²) in [6, 6.07) is 6.98. The van der Waals surface area contributed by atoms with Gasteiger partial charge in [-0.3, -0.25) is 9.59 Å². The monoisotopic (exact) mass is 410 g/mol. The third-order valence-electron chi connectivity index (χ3n) is 6.34. The zero-order valence-corrected chi connectivity index (χ0v) is 16.4. The number of fused-ring (bicyclic) bond motifs is 2. The molecule has 2 fully saturated rings. The summed E-state index contributed by atoms with van der Waals surface area (Å²) in [6.45, 7) is 2.60. The van der Waals surface area contributed by atoms with E-state index in [0.29, 0.717) is 55.6 Å². The molecule has 2 saturated heterocycles. The summed E-state index contributed by atoms with van der Waals surface area (Å²) in [4.78, 5) is 37.1. The van der Waals surface area contributed by atoms with Crippen LogP contribution in [-0.2, 0) is 4.79 Å². The van der Waals surface area contributed by atoms with Crippen molar-refractivity contribution in [3.05, 3.63) is 42.2 Å². The Kier molecular flexibility index (Phi) is 4.45. The maximum Gasteiger partial charge on any atom is 0.303 e. The van der Waals surface area contributed by atoms with E-state index in [9.17, 15) is 14.7 Å². The van der Waals surface area contributed by atoms with Crippen LogP contribution >= 0.6 is 0 Å². The van der Waals surface area contributed by atoms with E-state index in [1.807, 2.05) is 4.90 Å². The maximum absolute atomic E-state index is 13.2. The lowest BCUT2D eigenvalue weighted by Crippen LogP contribution is -2.37. The van der Waals surface area contributed by atoms with Crippen LogP contribution in [0.2, 0.25) is 0 Å². The van der Waals surface area contributed by atoms with E-state index in [4.69, 9.17) is 9.47 Å². The summed E-state index contributed by atoms with van der Waals surface area (Å²) in [5.41, 5.74) is 0.264. The summed E-state index contributed by atoms with van der Waals surface area (Å²) in [5.74, 6) is 1.14. The Balaban J connectivity index is 1.37. The number of carbonyl (C=O) groups is 2. The van der Waals surface area contributed by atoms with Gasteiger partial charge in [0.2, 0.25) is 12.7 Å². The standard InChI is InChI=1S/C21H22N4O5/c26-18(27)4-5-21-11-24(19(28)14-2-3-16-17(8-14)30-13-29-16)9-15(21)10-25(12-21)20-22-6-1-7-23-20/h1-3,6-8,15H,4-5,9-13H2,(H,26,27)/t15-,21+/m1/s1. The molecular formula is C21H22N4O5. The van der Waals surface area contributed by atoms with Crippen LogP contribution in [-0.4, -0.2) is 64.8 Å². The molecule has 9 nitrogen and oxygen atoms in total. The topological polar surface area (TPSA) is 105 Å². The van der Waals surface area contributed by atoms with Crippen molar-refractivity contribution >= 4 is 17.8 Å². The number of ether oxygens (including phenoxy) is 2. The summed E-state index contributed by atoms with van der Waals surface area (Å²) < 4.78 is 10.7. The number of likely N-dealkylation sites (tertiary alicyclic amines) is 1. The molecule has 1 aromatic heterocycles. The number of benzene rings is 1. The van der Waals surface area contributed by atoms with Gasteiger partial charge in [-0.15, -0.1) is 0 Å². The van der Waals surface area contributed by atoms with Crippen LogP contribution in [0.5, 0.6) is 11.5 Å². The Hall–Kier alpha value is -3.36. The van der Waals surface area contributed by atoms with Gasteiger partial charge in [-0.1, -0.05) is 0 Å².